The number of aromatic nitrogens is 4. The van der Waals surface area contributed by atoms with Crippen molar-refractivity contribution in [3.8, 4) is 57.0 Å². The Kier molecular flexibility index (Phi) is 7.12. The summed E-state index contributed by atoms with van der Waals surface area (Å²) in [6, 6.07) is 49.5. The van der Waals surface area contributed by atoms with E-state index in [2.05, 4.69) is 103 Å². The molecule has 0 bridgehead atoms. The Bertz CT molecular complexity index is 2930. The van der Waals surface area contributed by atoms with Crippen molar-refractivity contribution in [2.24, 2.45) is 0 Å². The second-order valence-corrected chi connectivity index (χ2v) is 13.6. The van der Waals surface area contributed by atoms with Crippen LogP contribution in [0.5, 0.6) is 0 Å². The van der Waals surface area contributed by atoms with Crippen molar-refractivity contribution in [2.45, 2.75) is 19.3 Å². The van der Waals surface area contributed by atoms with Gasteiger partial charge in [-0.2, -0.15) is 5.26 Å². The minimum absolute atomic E-state index is 0.417. The summed E-state index contributed by atoms with van der Waals surface area (Å²) >= 11 is 0. The number of benzene rings is 6. The average Bonchev–Trinajstić information content (AvgIpc) is 3.77. The number of allylic oxidation sites excluding steroid dienone is 1. The van der Waals surface area contributed by atoms with Crippen LogP contribution in [0.3, 0.4) is 0 Å². The molecule has 6 nitrogen and oxygen atoms in total. The van der Waals surface area contributed by atoms with Crippen LogP contribution in [-0.4, -0.2) is 19.5 Å². The molecule has 1 unspecified atom stereocenters. The van der Waals surface area contributed by atoms with Gasteiger partial charge in [0.2, 0.25) is 0 Å². The number of furan rings is 1. The molecule has 1 aliphatic carbocycles. The van der Waals surface area contributed by atoms with Gasteiger partial charge in [0.1, 0.15) is 11.2 Å². The van der Waals surface area contributed by atoms with E-state index in [9.17, 15) is 5.26 Å². The molecule has 0 radical (unpaired) electrons. The fourth-order valence-electron chi connectivity index (χ4n) is 7.72. The summed E-state index contributed by atoms with van der Waals surface area (Å²) in [7, 11) is 0. The van der Waals surface area contributed by atoms with Crippen LogP contribution >= 0.6 is 0 Å². The van der Waals surface area contributed by atoms with E-state index in [1.165, 1.54) is 27.8 Å². The molecule has 3 aromatic heterocycles. The van der Waals surface area contributed by atoms with E-state index < -0.39 is 0 Å². The van der Waals surface area contributed by atoms with Gasteiger partial charge in [-0.25, -0.2) is 15.0 Å². The number of rotatable bonds is 5. The predicted octanol–water partition coefficient (Wildman–Crippen LogP) is 11.8. The Morgan fingerprint density at radius 3 is 2.09 bits per heavy atom. The number of nitriles is 1. The van der Waals surface area contributed by atoms with E-state index >= 15 is 0 Å². The molecule has 0 amide bonds. The molecule has 250 valence electrons. The molecule has 0 spiro atoms. The zero-order valence-electron chi connectivity index (χ0n) is 28.9. The van der Waals surface area contributed by atoms with Crippen LogP contribution in [0.15, 0.2) is 150 Å². The predicted molar refractivity (Wildman–Crippen MR) is 212 cm³/mol. The maximum atomic E-state index is 9.36. The SMILES string of the molecule is CC1CC=Cc2c1n(-c1ccccc1)c1ccc(-c3ccc4c(c3)oc3c(-c5nc(-c6ccccc6)nc(-c6ccc(C#N)cc6)n5)cccc34)cc21. The fraction of sp³-hybridized carbons (Fsp3) is 0.0638. The van der Waals surface area contributed by atoms with E-state index in [1.54, 1.807) is 12.1 Å². The molecule has 0 fully saturated rings. The van der Waals surface area contributed by atoms with Gasteiger partial charge in [-0.05, 0) is 84.3 Å². The van der Waals surface area contributed by atoms with E-state index in [-0.39, 0.29) is 0 Å². The summed E-state index contributed by atoms with van der Waals surface area (Å²) in [5.74, 6) is 2.02. The smallest absolute Gasteiger partial charge is 0.167 e. The minimum atomic E-state index is 0.417. The van der Waals surface area contributed by atoms with Crippen molar-refractivity contribution < 1.29 is 4.42 Å². The number of hydrogen-bond donors (Lipinski definition) is 0. The highest BCUT2D eigenvalue weighted by molar-refractivity contribution is 6.10. The third-order valence-corrected chi connectivity index (χ3v) is 10.3. The third kappa shape index (κ3) is 5.13. The molecule has 0 saturated heterocycles. The summed E-state index contributed by atoms with van der Waals surface area (Å²) < 4.78 is 9.16. The average molecular weight is 682 g/mol. The van der Waals surface area contributed by atoms with Crippen molar-refractivity contribution in [1.29, 1.82) is 5.26 Å². The van der Waals surface area contributed by atoms with Gasteiger partial charge in [0.05, 0.1) is 22.7 Å². The fourth-order valence-corrected chi connectivity index (χ4v) is 7.72. The molecule has 53 heavy (non-hydrogen) atoms. The topological polar surface area (TPSA) is 80.5 Å². The lowest BCUT2D eigenvalue weighted by Gasteiger charge is -2.19. The highest BCUT2D eigenvalue weighted by Crippen LogP contribution is 2.42. The summed E-state index contributed by atoms with van der Waals surface area (Å²) in [6.07, 6.45) is 5.62. The van der Waals surface area contributed by atoms with Crippen molar-refractivity contribution >= 4 is 38.9 Å². The van der Waals surface area contributed by atoms with Crippen molar-refractivity contribution in [1.82, 2.24) is 19.5 Å². The van der Waals surface area contributed by atoms with Gasteiger partial charge in [0.15, 0.2) is 17.5 Å². The number of nitrogens with zero attached hydrogens (tertiary/aromatic N) is 5. The van der Waals surface area contributed by atoms with E-state index in [1.807, 2.05) is 54.6 Å². The Morgan fingerprint density at radius 1 is 0.642 bits per heavy atom. The molecule has 6 aromatic carbocycles. The van der Waals surface area contributed by atoms with Gasteiger partial charge in [-0.1, -0.05) is 91.9 Å². The molecule has 0 N–H and O–H groups in total. The molecular weight excluding hydrogens is 651 g/mol. The van der Waals surface area contributed by atoms with Crippen LogP contribution in [0.4, 0.5) is 0 Å². The van der Waals surface area contributed by atoms with Crippen molar-refractivity contribution in [3.63, 3.8) is 0 Å². The standard InChI is InChI=1S/C47H31N5O/c1-29-10-8-15-37-40-26-33(23-25-41(40)52(43(29)37)35-13-6-3-7-14-35)34-22-24-36-38-16-9-17-39(44(38)53-42(36)27-34)47-50-45(31-11-4-2-5-12-31)49-46(51-47)32-20-18-30(28-48)19-21-32/h2-9,11-27,29H,10H2,1H3. The first-order valence-electron chi connectivity index (χ1n) is 17.8. The monoisotopic (exact) mass is 681 g/mol. The lowest BCUT2D eigenvalue weighted by atomic mass is 9.92. The molecule has 0 saturated carbocycles. The largest absolute Gasteiger partial charge is 0.455 e. The quantitative estimate of drug-likeness (QED) is 0.181. The van der Waals surface area contributed by atoms with Crippen LogP contribution in [-0.2, 0) is 0 Å². The third-order valence-electron chi connectivity index (χ3n) is 10.3. The summed E-state index contributed by atoms with van der Waals surface area (Å²) in [6.45, 7) is 2.32. The van der Waals surface area contributed by atoms with Crippen LogP contribution in [0.2, 0.25) is 0 Å². The Hall–Kier alpha value is -7.10. The molecule has 9 aromatic rings. The lowest BCUT2D eigenvalue weighted by Crippen LogP contribution is -2.06. The van der Waals surface area contributed by atoms with Gasteiger partial charge in [0.25, 0.3) is 0 Å². The first kappa shape index (κ1) is 30.7. The van der Waals surface area contributed by atoms with Crippen LogP contribution in [0.1, 0.15) is 36.1 Å². The zero-order valence-corrected chi connectivity index (χ0v) is 28.9. The summed E-state index contributed by atoms with van der Waals surface area (Å²) in [5, 5.41) is 12.6. The van der Waals surface area contributed by atoms with Gasteiger partial charge in [-0.3, -0.25) is 0 Å². The first-order valence-corrected chi connectivity index (χ1v) is 17.8. The molecular formula is C47H31N5O. The van der Waals surface area contributed by atoms with Gasteiger partial charge >= 0.3 is 0 Å². The van der Waals surface area contributed by atoms with Crippen LogP contribution < -0.4 is 0 Å². The van der Waals surface area contributed by atoms with Crippen molar-refractivity contribution in [3.05, 3.63) is 162 Å². The van der Waals surface area contributed by atoms with Crippen molar-refractivity contribution in [2.75, 3.05) is 0 Å². The van der Waals surface area contributed by atoms with E-state index in [0.717, 1.165) is 56.2 Å². The van der Waals surface area contributed by atoms with Crippen LogP contribution in [0.25, 0.3) is 89.9 Å². The normalized spacial score (nSPS) is 13.8. The Balaban J connectivity index is 1.11. The van der Waals surface area contributed by atoms with Crippen LogP contribution in [0, 0.1) is 11.3 Å². The molecule has 10 rings (SSSR count). The number of para-hydroxylation sites is 2. The number of hydrogen-bond acceptors (Lipinski definition) is 5. The molecule has 3 heterocycles. The molecule has 6 heteroatoms. The summed E-state index contributed by atoms with van der Waals surface area (Å²) in [5.41, 5.74) is 11.8. The first-order chi connectivity index (χ1) is 26.1. The lowest BCUT2D eigenvalue weighted by molar-refractivity contribution is 0.669. The zero-order chi connectivity index (χ0) is 35.5. The van der Waals surface area contributed by atoms with E-state index in [4.69, 9.17) is 19.4 Å². The summed E-state index contributed by atoms with van der Waals surface area (Å²) in [4.78, 5) is 14.8. The van der Waals surface area contributed by atoms with Gasteiger partial charge in [0, 0.05) is 50.1 Å². The molecule has 1 aliphatic rings. The Morgan fingerprint density at radius 2 is 1.32 bits per heavy atom. The second-order valence-electron chi connectivity index (χ2n) is 13.6. The van der Waals surface area contributed by atoms with Gasteiger partial charge < -0.3 is 8.98 Å². The Labute approximate surface area is 306 Å². The highest BCUT2D eigenvalue weighted by Gasteiger charge is 2.24. The van der Waals surface area contributed by atoms with Gasteiger partial charge in [-0.15, -0.1) is 0 Å². The highest BCUT2D eigenvalue weighted by atomic mass is 16.3. The molecule has 1 atom stereocenters. The maximum Gasteiger partial charge on any atom is 0.167 e. The molecule has 0 aliphatic heterocycles. The minimum Gasteiger partial charge on any atom is -0.455 e. The number of fused-ring (bicyclic) bond motifs is 6. The second kappa shape index (κ2) is 12.3. The maximum absolute atomic E-state index is 9.36. The van der Waals surface area contributed by atoms with E-state index in [0.29, 0.717) is 29.0 Å².